The second kappa shape index (κ2) is 9.96. The zero-order chi connectivity index (χ0) is 25.2. The Morgan fingerprint density at radius 3 is 2.26 bits per heavy atom. The second-order valence-electron chi connectivity index (χ2n) is 8.26. The molecule has 35 heavy (non-hydrogen) atoms. The summed E-state index contributed by atoms with van der Waals surface area (Å²) in [6.07, 6.45) is -9.79. The molecule has 0 radical (unpaired) electrons. The van der Waals surface area contributed by atoms with E-state index < -0.39 is 42.4 Å². The summed E-state index contributed by atoms with van der Waals surface area (Å²) in [5, 5.41) is 6.63. The van der Waals surface area contributed by atoms with E-state index in [9.17, 15) is 26.3 Å². The number of nitrogens with one attached hydrogen (secondary N) is 1. The van der Waals surface area contributed by atoms with Crippen LogP contribution in [0, 0.1) is 0 Å². The third-order valence-corrected chi connectivity index (χ3v) is 5.53. The highest BCUT2D eigenvalue weighted by Crippen LogP contribution is 2.38. The molecular formula is C23H22F6N4O2. The molecule has 1 aliphatic rings. The van der Waals surface area contributed by atoms with Crippen LogP contribution in [-0.4, -0.2) is 39.0 Å². The zero-order valence-electron chi connectivity index (χ0n) is 18.5. The van der Waals surface area contributed by atoms with Gasteiger partial charge in [-0.25, -0.2) is 4.98 Å². The Morgan fingerprint density at radius 1 is 1.03 bits per heavy atom. The molecule has 188 valence electrons. The van der Waals surface area contributed by atoms with E-state index in [-0.39, 0.29) is 17.7 Å². The standard InChI is InChI=1S/C23H22F6N4O2/c1-14-10-33(11-19-30-13-31-32-19)20(16-5-3-2-4-6-16)21(35-14)34-12-15-7-17(22(24,25)26)9-18(8-15)23(27,28)29/h2-9,13-14,20-21H,10-12H2,1H3,(H,30,31,32)/t14-,20+,21+/m1/s1. The Hall–Kier alpha value is -2.96. The Balaban J connectivity index is 1.62. The van der Waals surface area contributed by atoms with Crippen molar-refractivity contribution < 1.29 is 35.8 Å². The van der Waals surface area contributed by atoms with E-state index >= 15 is 0 Å². The molecular weight excluding hydrogens is 478 g/mol. The van der Waals surface area contributed by atoms with E-state index in [2.05, 4.69) is 15.2 Å². The average molecular weight is 500 g/mol. The highest BCUT2D eigenvalue weighted by molar-refractivity contribution is 5.33. The van der Waals surface area contributed by atoms with Gasteiger partial charge in [-0.05, 0) is 36.2 Å². The third kappa shape index (κ3) is 6.19. The summed E-state index contributed by atoms with van der Waals surface area (Å²) >= 11 is 0. The molecule has 2 heterocycles. The van der Waals surface area contributed by atoms with Gasteiger partial charge in [0.1, 0.15) is 12.2 Å². The Morgan fingerprint density at radius 2 is 1.69 bits per heavy atom. The number of alkyl halides is 6. The van der Waals surface area contributed by atoms with Gasteiger partial charge in [0, 0.05) is 6.54 Å². The van der Waals surface area contributed by atoms with Crippen LogP contribution in [0.5, 0.6) is 0 Å². The third-order valence-electron chi connectivity index (χ3n) is 5.53. The minimum atomic E-state index is -4.94. The van der Waals surface area contributed by atoms with Crippen molar-refractivity contribution >= 4 is 0 Å². The molecule has 0 saturated carbocycles. The van der Waals surface area contributed by atoms with E-state index in [0.717, 1.165) is 5.56 Å². The maximum absolute atomic E-state index is 13.2. The van der Waals surface area contributed by atoms with Crippen molar-refractivity contribution in [3.05, 3.63) is 82.9 Å². The molecule has 12 heteroatoms. The van der Waals surface area contributed by atoms with Gasteiger partial charge >= 0.3 is 12.4 Å². The molecule has 0 bridgehead atoms. The van der Waals surface area contributed by atoms with Crippen LogP contribution >= 0.6 is 0 Å². The number of hydrogen-bond acceptors (Lipinski definition) is 5. The van der Waals surface area contributed by atoms with Crippen molar-refractivity contribution in [2.75, 3.05) is 6.54 Å². The molecule has 2 aromatic carbocycles. The Labute approximate surface area is 196 Å². The van der Waals surface area contributed by atoms with Gasteiger partial charge in [-0.1, -0.05) is 30.3 Å². The predicted molar refractivity (Wildman–Crippen MR) is 112 cm³/mol. The molecule has 1 aliphatic heterocycles. The lowest BCUT2D eigenvalue weighted by Gasteiger charge is -2.43. The fraction of sp³-hybridized carbons (Fsp3) is 0.391. The highest BCUT2D eigenvalue weighted by atomic mass is 19.4. The summed E-state index contributed by atoms with van der Waals surface area (Å²) < 4.78 is 91.3. The number of ether oxygens (including phenoxy) is 2. The summed E-state index contributed by atoms with van der Waals surface area (Å²) in [6.45, 7) is 2.14. The van der Waals surface area contributed by atoms with Crippen LogP contribution < -0.4 is 0 Å². The quantitative estimate of drug-likeness (QED) is 0.463. The minimum Gasteiger partial charge on any atom is -0.346 e. The van der Waals surface area contributed by atoms with E-state index in [4.69, 9.17) is 9.47 Å². The van der Waals surface area contributed by atoms with Gasteiger partial charge in [0.05, 0.1) is 36.4 Å². The van der Waals surface area contributed by atoms with Crippen LogP contribution in [0.2, 0.25) is 0 Å². The van der Waals surface area contributed by atoms with Crippen molar-refractivity contribution in [2.24, 2.45) is 0 Å². The number of rotatable bonds is 6. The topological polar surface area (TPSA) is 63.3 Å². The van der Waals surface area contributed by atoms with Crippen molar-refractivity contribution in [2.45, 2.75) is 50.9 Å². The lowest BCUT2D eigenvalue weighted by Crippen LogP contribution is -2.49. The molecule has 1 aromatic heterocycles. The van der Waals surface area contributed by atoms with E-state index in [0.29, 0.717) is 31.0 Å². The van der Waals surface area contributed by atoms with Crippen molar-refractivity contribution in [3.63, 3.8) is 0 Å². The average Bonchev–Trinajstić information content (AvgIpc) is 3.30. The Bertz CT molecular complexity index is 1070. The SMILES string of the molecule is C[C@@H]1CN(Cc2ncn[nH]2)[C@@H](c2ccccc2)[C@@H](OCc2cc(C(F)(F)F)cc(C(F)(F)F)c2)O1. The smallest absolute Gasteiger partial charge is 0.346 e. The number of hydrogen-bond donors (Lipinski definition) is 1. The summed E-state index contributed by atoms with van der Waals surface area (Å²) in [5.41, 5.74) is -2.24. The predicted octanol–water partition coefficient (Wildman–Crippen LogP) is 5.35. The molecule has 4 rings (SSSR count). The van der Waals surface area contributed by atoms with Gasteiger partial charge in [-0.15, -0.1) is 0 Å². The first-order chi connectivity index (χ1) is 16.5. The van der Waals surface area contributed by atoms with Crippen LogP contribution in [0.25, 0.3) is 0 Å². The molecule has 1 saturated heterocycles. The van der Waals surface area contributed by atoms with Gasteiger partial charge < -0.3 is 9.47 Å². The number of benzene rings is 2. The first kappa shape index (κ1) is 25.1. The number of morpholine rings is 1. The monoisotopic (exact) mass is 500 g/mol. The van der Waals surface area contributed by atoms with Gasteiger partial charge in [0.25, 0.3) is 0 Å². The first-order valence-electron chi connectivity index (χ1n) is 10.7. The van der Waals surface area contributed by atoms with Gasteiger partial charge in [0.15, 0.2) is 6.29 Å². The molecule has 0 spiro atoms. The van der Waals surface area contributed by atoms with Crippen molar-refractivity contribution in [1.29, 1.82) is 0 Å². The van der Waals surface area contributed by atoms with Crippen LogP contribution in [0.3, 0.4) is 0 Å². The van der Waals surface area contributed by atoms with E-state index in [1.54, 1.807) is 6.92 Å². The summed E-state index contributed by atoms with van der Waals surface area (Å²) in [4.78, 5) is 6.16. The van der Waals surface area contributed by atoms with Gasteiger partial charge in [-0.2, -0.15) is 31.4 Å². The molecule has 1 N–H and O–H groups in total. The molecule has 0 aliphatic carbocycles. The maximum atomic E-state index is 13.2. The summed E-state index contributed by atoms with van der Waals surface area (Å²) in [6, 6.07) is 10.1. The molecule has 3 aromatic rings. The van der Waals surface area contributed by atoms with Gasteiger partial charge in [-0.3, -0.25) is 10.00 Å². The summed E-state index contributed by atoms with van der Waals surface area (Å²) in [7, 11) is 0. The van der Waals surface area contributed by atoms with Crippen LogP contribution in [0.15, 0.2) is 54.9 Å². The Kier molecular flexibility index (Phi) is 7.15. The molecule has 3 atom stereocenters. The van der Waals surface area contributed by atoms with Gasteiger partial charge in [0.2, 0.25) is 0 Å². The number of H-pyrrole nitrogens is 1. The minimum absolute atomic E-state index is 0.0919. The fourth-order valence-corrected chi connectivity index (χ4v) is 4.05. The molecule has 6 nitrogen and oxygen atoms in total. The van der Waals surface area contributed by atoms with Crippen molar-refractivity contribution in [3.8, 4) is 0 Å². The number of halogens is 6. The number of aromatic nitrogens is 3. The van der Waals surface area contributed by atoms with Crippen LogP contribution in [0.1, 0.15) is 41.0 Å². The largest absolute Gasteiger partial charge is 0.416 e. The first-order valence-corrected chi connectivity index (χ1v) is 10.7. The fourth-order valence-electron chi connectivity index (χ4n) is 4.05. The maximum Gasteiger partial charge on any atom is 0.416 e. The van der Waals surface area contributed by atoms with E-state index in [1.165, 1.54) is 6.33 Å². The summed E-state index contributed by atoms with van der Waals surface area (Å²) in [5.74, 6) is 0.589. The molecule has 1 fully saturated rings. The lowest BCUT2D eigenvalue weighted by atomic mass is 10.0. The zero-order valence-corrected chi connectivity index (χ0v) is 18.5. The number of aromatic amines is 1. The molecule has 0 unspecified atom stereocenters. The normalized spacial score (nSPS) is 21.9. The number of nitrogens with zero attached hydrogens (tertiary/aromatic N) is 3. The molecule has 0 amide bonds. The van der Waals surface area contributed by atoms with Crippen molar-refractivity contribution in [1.82, 2.24) is 20.1 Å². The second-order valence-corrected chi connectivity index (χ2v) is 8.26. The van der Waals surface area contributed by atoms with Crippen LogP contribution in [-0.2, 0) is 35.0 Å². The lowest BCUT2D eigenvalue weighted by molar-refractivity contribution is -0.242. The highest BCUT2D eigenvalue weighted by Gasteiger charge is 2.39. The van der Waals surface area contributed by atoms with Crippen LogP contribution in [0.4, 0.5) is 26.3 Å². The van der Waals surface area contributed by atoms with E-state index in [1.807, 2.05) is 35.2 Å².